The molecule has 1 N–H and O–H groups in total. The lowest BCUT2D eigenvalue weighted by molar-refractivity contribution is -0.138. The molecule has 1 aliphatic rings. The minimum Gasteiger partial charge on any atom is -0.309 e. The lowest BCUT2D eigenvalue weighted by Crippen LogP contribution is -2.27. The topological polar surface area (TPSA) is 41.5 Å². The van der Waals surface area contributed by atoms with Crippen molar-refractivity contribution >= 4 is 11.7 Å². The number of nitrogens with zero attached hydrogens (tertiary/aromatic N) is 1. The maximum absolute atomic E-state index is 12.8. The zero-order valence-corrected chi connectivity index (χ0v) is 8.31. The number of amidine groups is 1. The predicted molar refractivity (Wildman–Crippen MR) is 50.9 cm³/mol. The first kappa shape index (κ1) is 11.6. The summed E-state index contributed by atoms with van der Waals surface area (Å²) in [7, 11) is 0. The third-order valence-electron chi connectivity index (χ3n) is 2.18. The molecule has 0 atom stereocenters. The molecule has 1 amide bonds. The Balaban J connectivity index is 2.51. The molecule has 0 unspecified atom stereocenters. The standard InChI is InChI=1S/C10H6F4N2O/c11-5-1-2-6(7(3-5)10(12,13)14)9-15-4-8(17)16-9/h1-3H,4H2,(H,15,16,17). The molecule has 0 aliphatic carbocycles. The Morgan fingerprint density at radius 1 is 1.29 bits per heavy atom. The molecule has 1 aromatic rings. The van der Waals surface area contributed by atoms with Crippen LogP contribution in [0.5, 0.6) is 0 Å². The molecule has 17 heavy (non-hydrogen) atoms. The summed E-state index contributed by atoms with van der Waals surface area (Å²) in [5.41, 5.74) is -1.48. The number of hydrogen-bond donors (Lipinski definition) is 1. The van der Waals surface area contributed by atoms with Crippen LogP contribution in [0.1, 0.15) is 11.1 Å². The number of nitrogens with one attached hydrogen (secondary N) is 1. The van der Waals surface area contributed by atoms with E-state index in [0.29, 0.717) is 6.07 Å². The smallest absolute Gasteiger partial charge is 0.309 e. The van der Waals surface area contributed by atoms with Crippen molar-refractivity contribution < 1.29 is 22.4 Å². The molecule has 0 bridgehead atoms. The highest BCUT2D eigenvalue weighted by Gasteiger charge is 2.35. The van der Waals surface area contributed by atoms with Crippen molar-refractivity contribution in [3.8, 4) is 0 Å². The van der Waals surface area contributed by atoms with Crippen LogP contribution < -0.4 is 5.32 Å². The summed E-state index contributed by atoms with van der Waals surface area (Å²) in [5.74, 6) is -1.66. The van der Waals surface area contributed by atoms with E-state index in [1.54, 1.807) is 0 Å². The minimum atomic E-state index is -4.70. The maximum Gasteiger partial charge on any atom is 0.417 e. The van der Waals surface area contributed by atoms with Crippen molar-refractivity contribution in [3.63, 3.8) is 0 Å². The fourth-order valence-electron chi connectivity index (χ4n) is 1.47. The SMILES string of the molecule is O=C1CN=C(c2ccc(F)cc2C(F)(F)F)N1. The second kappa shape index (κ2) is 3.83. The monoisotopic (exact) mass is 246 g/mol. The first-order valence-corrected chi connectivity index (χ1v) is 4.59. The van der Waals surface area contributed by atoms with Gasteiger partial charge in [0, 0.05) is 5.56 Å². The fourth-order valence-corrected chi connectivity index (χ4v) is 1.47. The molecule has 1 aliphatic heterocycles. The molecule has 7 heteroatoms. The summed E-state index contributed by atoms with van der Waals surface area (Å²) < 4.78 is 50.7. The second-order valence-corrected chi connectivity index (χ2v) is 3.40. The van der Waals surface area contributed by atoms with Crippen molar-refractivity contribution in [1.29, 1.82) is 0 Å². The number of carbonyl (C=O) groups excluding carboxylic acids is 1. The van der Waals surface area contributed by atoms with Crippen LogP contribution in [0.3, 0.4) is 0 Å². The van der Waals surface area contributed by atoms with Crippen LogP contribution in [0, 0.1) is 5.82 Å². The number of benzene rings is 1. The van der Waals surface area contributed by atoms with Gasteiger partial charge < -0.3 is 5.32 Å². The number of alkyl halides is 3. The molecule has 0 saturated heterocycles. The Labute approximate surface area is 93.2 Å². The van der Waals surface area contributed by atoms with Crippen LogP contribution in [-0.4, -0.2) is 18.3 Å². The summed E-state index contributed by atoms with van der Waals surface area (Å²) in [5, 5.41) is 2.19. The Morgan fingerprint density at radius 3 is 2.53 bits per heavy atom. The van der Waals surface area contributed by atoms with Crippen molar-refractivity contribution in [3.05, 3.63) is 35.1 Å². The third-order valence-corrected chi connectivity index (χ3v) is 2.18. The number of carbonyl (C=O) groups is 1. The van der Waals surface area contributed by atoms with Gasteiger partial charge in [-0.3, -0.25) is 9.79 Å². The largest absolute Gasteiger partial charge is 0.417 e. The summed E-state index contributed by atoms with van der Waals surface area (Å²) in [6.07, 6.45) is -4.70. The van der Waals surface area contributed by atoms with Gasteiger partial charge in [0.25, 0.3) is 0 Å². The maximum atomic E-state index is 12.8. The van der Waals surface area contributed by atoms with E-state index in [-0.39, 0.29) is 17.9 Å². The number of hydrogen-bond acceptors (Lipinski definition) is 2. The molecule has 0 spiro atoms. The number of aliphatic imine (C=N–C) groups is 1. The van der Waals surface area contributed by atoms with Crippen LogP contribution in [-0.2, 0) is 11.0 Å². The van der Waals surface area contributed by atoms with Crippen LogP contribution in [0.15, 0.2) is 23.2 Å². The highest BCUT2D eigenvalue weighted by atomic mass is 19.4. The van der Waals surface area contributed by atoms with Crippen LogP contribution in [0.25, 0.3) is 0 Å². The number of amides is 1. The fraction of sp³-hybridized carbons (Fsp3) is 0.200. The lowest BCUT2D eigenvalue weighted by Gasteiger charge is -2.12. The molecular formula is C10H6F4N2O. The second-order valence-electron chi connectivity index (χ2n) is 3.40. The van der Waals surface area contributed by atoms with Crippen LogP contribution in [0.2, 0.25) is 0 Å². The molecule has 0 fully saturated rings. The molecule has 2 rings (SSSR count). The first-order chi connectivity index (χ1) is 7.88. The number of halogens is 4. The summed E-state index contributed by atoms with van der Waals surface area (Å²) in [6.45, 7) is -0.218. The van der Waals surface area contributed by atoms with Crippen molar-refractivity contribution in [2.24, 2.45) is 4.99 Å². The van der Waals surface area contributed by atoms with Crippen LogP contribution in [0.4, 0.5) is 17.6 Å². The van der Waals surface area contributed by atoms with Gasteiger partial charge in [-0.15, -0.1) is 0 Å². The third kappa shape index (κ3) is 2.27. The lowest BCUT2D eigenvalue weighted by atomic mass is 10.1. The van der Waals surface area contributed by atoms with Gasteiger partial charge in [-0.05, 0) is 18.2 Å². The zero-order chi connectivity index (χ0) is 12.6. The van der Waals surface area contributed by atoms with E-state index in [1.165, 1.54) is 0 Å². The Kier molecular flexibility index (Phi) is 2.60. The summed E-state index contributed by atoms with van der Waals surface area (Å²) in [6, 6.07) is 2.21. The van der Waals surface area contributed by atoms with E-state index in [1.807, 2.05) is 0 Å². The first-order valence-electron chi connectivity index (χ1n) is 4.59. The molecule has 1 aromatic carbocycles. The quantitative estimate of drug-likeness (QED) is 0.753. The molecule has 0 aromatic heterocycles. The van der Waals surface area contributed by atoms with Gasteiger partial charge in [0.05, 0.1) is 5.56 Å². The van der Waals surface area contributed by atoms with Crippen molar-refractivity contribution in [2.75, 3.05) is 6.54 Å². The summed E-state index contributed by atoms with van der Waals surface area (Å²) in [4.78, 5) is 14.5. The average molecular weight is 246 g/mol. The Bertz CT molecular complexity index is 508. The minimum absolute atomic E-state index is 0.178. The van der Waals surface area contributed by atoms with E-state index < -0.39 is 23.5 Å². The van der Waals surface area contributed by atoms with Gasteiger partial charge in [-0.2, -0.15) is 13.2 Å². The van der Waals surface area contributed by atoms with Crippen LogP contribution >= 0.6 is 0 Å². The molecular weight excluding hydrogens is 240 g/mol. The highest BCUT2D eigenvalue weighted by Crippen LogP contribution is 2.32. The normalized spacial score (nSPS) is 15.8. The molecule has 90 valence electrons. The van der Waals surface area contributed by atoms with Gasteiger partial charge in [-0.25, -0.2) is 4.39 Å². The van der Waals surface area contributed by atoms with E-state index in [2.05, 4.69) is 10.3 Å². The average Bonchev–Trinajstić information content (AvgIpc) is 2.63. The highest BCUT2D eigenvalue weighted by molar-refractivity contribution is 6.13. The van der Waals surface area contributed by atoms with Gasteiger partial charge in [-0.1, -0.05) is 0 Å². The van der Waals surface area contributed by atoms with E-state index in [9.17, 15) is 22.4 Å². The van der Waals surface area contributed by atoms with Gasteiger partial charge in [0.15, 0.2) is 0 Å². The van der Waals surface area contributed by atoms with E-state index in [4.69, 9.17) is 0 Å². The van der Waals surface area contributed by atoms with Crippen molar-refractivity contribution in [2.45, 2.75) is 6.18 Å². The molecule has 0 saturated carbocycles. The van der Waals surface area contributed by atoms with Gasteiger partial charge in [0.1, 0.15) is 18.2 Å². The van der Waals surface area contributed by atoms with Gasteiger partial charge >= 0.3 is 6.18 Å². The Hall–Kier alpha value is -1.92. The van der Waals surface area contributed by atoms with E-state index >= 15 is 0 Å². The summed E-state index contributed by atoms with van der Waals surface area (Å²) >= 11 is 0. The zero-order valence-electron chi connectivity index (χ0n) is 8.31. The molecule has 3 nitrogen and oxygen atoms in total. The predicted octanol–water partition coefficient (Wildman–Crippen LogP) is 1.72. The molecule has 1 heterocycles. The van der Waals surface area contributed by atoms with Crippen molar-refractivity contribution in [1.82, 2.24) is 5.32 Å². The Morgan fingerprint density at radius 2 is 2.00 bits per heavy atom. The van der Waals surface area contributed by atoms with Gasteiger partial charge in [0.2, 0.25) is 5.91 Å². The molecule has 0 radical (unpaired) electrons. The van der Waals surface area contributed by atoms with E-state index in [0.717, 1.165) is 12.1 Å². The number of rotatable bonds is 1.